The Hall–Kier alpha value is -3.47. The second kappa shape index (κ2) is 9.35. The number of nitrogens with zero attached hydrogens (tertiary/aromatic N) is 3. The number of aromatic nitrogens is 1. The van der Waals surface area contributed by atoms with Crippen molar-refractivity contribution in [2.45, 2.75) is 20.3 Å². The maximum Gasteiger partial charge on any atom is 0.272 e. The SMILES string of the molecule is Cc1cc(C)cc(-c2ccc(C[C@@H]3CN(C(=O)c4ccccn4)CCN(C)C3=O)cc2)c1. The first-order chi connectivity index (χ1) is 15.4. The normalized spacial score (nSPS) is 16.7. The Morgan fingerprint density at radius 1 is 0.969 bits per heavy atom. The van der Waals surface area contributed by atoms with Gasteiger partial charge in [-0.15, -0.1) is 0 Å². The smallest absolute Gasteiger partial charge is 0.272 e. The molecule has 1 aromatic heterocycles. The lowest BCUT2D eigenvalue weighted by Crippen LogP contribution is -2.37. The fourth-order valence-corrected chi connectivity index (χ4v) is 4.37. The summed E-state index contributed by atoms with van der Waals surface area (Å²) in [6.45, 7) is 5.66. The quantitative estimate of drug-likeness (QED) is 0.629. The van der Waals surface area contributed by atoms with Gasteiger partial charge in [-0.25, -0.2) is 0 Å². The number of amides is 2. The van der Waals surface area contributed by atoms with E-state index in [1.165, 1.54) is 16.7 Å². The third-order valence-electron chi connectivity index (χ3n) is 6.03. The second-order valence-corrected chi connectivity index (χ2v) is 8.70. The number of hydrogen-bond donors (Lipinski definition) is 0. The monoisotopic (exact) mass is 427 g/mol. The van der Waals surface area contributed by atoms with Crippen LogP contribution in [0.4, 0.5) is 0 Å². The van der Waals surface area contributed by atoms with Crippen molar-refractivity contribution in [3.63, 3.8) is 0 Å². The Morgan fingerprint density at radius 3 is 2.34 bits per heavy atom. The second-order valence-electron chi connectivity index (χ2n) is 8.70. The van der Waals surface area contributed by atoms with Gasteiger partial charge in [-0.05, 0) is 49.1 Å². The van der Waals surface area contributed by atoms with Crippen molar-refractivity contribution in [3.05, 3.63) is 89.2 Å². The minimum atomic E-state index is -0.276. The van der Waals surface area contributed by atoms with E-state index in [2.05, 4.69) is 61.3 Å². The van der Waals surface area contributed by atoms with Crippen LogP contribution in [-0.4, -0.2) is 53.3 Å². The van der Waals surface area contributed by atoms with E-state index in [1.807, 2.05) is 13.1 Å². The van der Waals surface area contributed by atoms with E-state index >= 15 is 0 Å². The fourth-order valence-electron chi connectivity index (χ4n) is 4.37. The number of benzene rings is 2. The molecule has 0 aliphatic carbocycles. The van der Waals surface area contributed by atoms with E-state index in [1.54, 1.807) is 28.1 Å². The van der Waals surface area contributed by atoms with Gasteiger partial charge in [-0.1, -0.05) is 59.7 Å². The van der Waals surface area contributed by atoms with Gasteiger partial charge in [0.2, 0.25) is 5.91 Å². The molecule has 1 fully saturated rings. The van der Waals surface area contributed by atoms with Crippen LogP contribution in [0.2, 0.25) is 0 Å². The number of pyridine rings is 1. The Balaban J connectivity index is 1.52. The molecule has 5 nitrogen and oxygen atoms in total. The van der Waals surface area contributed by atoms with Gasteiger partial charge in [-0.3, -0.25) is 14.6 Å². The molecule has 1 atom stereocenters. The highest BCUT2D eigenvalue weighted by Crippen LogP contribution is 2.24. The molecular weight excluding hydrogens is 398 g/mol. The van der Waals surface area contributed by atoms with Crippen LogP contribution in [0.5, 0.6) is 0 Å². The van der Waals surface area contributed by atoms with Crippen LogP contribution in [0, 0.1) is 19.8 Å². The van der Waals surface area contributed by atoms with Crippen molar-refractivity contribution >= 4 is 11.8 Å². The molecule has 0 bridgehead atoms. The minimum absolute atomic E-state index is 0.0831. The third kappa shape index (κ3) is 4.88. The van der Waals surface area contributed by atoms with Gasteiger partial charge in [0.15, 0.2) is 0 Å². The summed E-state index contributed by atoms with van der Waals surface area (Å²) in [5.74, 6) is -0.314. The summed E-state index contributed by atoms with van der Waals surface area (Å²) in [7, 11) is 1.81. The lowest BCUT2D eigenvalue weighted by atomic mass is 9.95. The minimum Gasteiger partial charge on any atom is -0.344 e. The Morgan fingerprint density at radius 2 is 1.69 bits per heavy atom. The molecule has 164 valence electrons. The summed E-state index contributed by atoms with van der Waals surface area (Å²) in [5.41, 5.74) is 6.36. The van der Waals surface area contributed by atoms with Gasteiger partial charge in [0.1, 0.15) is 5.69 Å². The molecule has 1 saturated heterocycles. The summed E-state index contributed by atoms with van der Waals surface area (Å²) in [4.78, 5) is 33.6. The Bertz CT molecular complexity index is 1090. The van der Waals surface area contributed by atoms with Gasteiger partial charge in [0.05, 0.1) is 5.92 Å². The molecule has 0 N–H and O–H groups in total. The molecule has 0 radical (unpaired) electrons. The van der Waals surface area contributed by atoms with Gasteiger partial charge in [0.25, 0.3) is 5.91 Å². The van der Waals surface area contributed by atoms with Crippen LogP contribution >= 0.6 is 0 Å². The predicted octanol–water partition coefficient (Wildman–Crippen LogP) is 4.14. The summed E-state index contributed by atoms with van der Waals surface area (Å²) in [6.07, 6.45) is 2.22. The molecular formula is C27H29N3O2. The number of carbonyl (C=O) groups excluding carboxylic acids is 2. The zero-order valence-corrected chi connectivity index (χ0v) is 18.9. The van der Waals surface area contributed by atoms with Crippen molar-refractivity contribution in [2.75, 3.05) is 26.7 Å². The molecule has 0 saturated carbocycles. The summed E-state index contributed by atoms with van der Waals surface area (Å²) >= 11 is 0. The van der Waals surface area contributed by atoms with Crippen molar-refractivity contribution in [1.29, 1.82) is 0 Å². The van der Waals surface area contributed by atoms with E-state index < -0.39 is 0 Å². The van der Waals surface area contributed by atoms with Crippen molar-refractivity contribution in [2.24, 2.45) is 5.92 Å². The fraction of sp³-hybridized carbons (Fsp3) is 0.296. The molecule has 1 aliphatic rings. The zero-order valence-electron chi connectivity index (χ0n) is 18.9. The van der Waals surface area contributed by atoms with E-state index in [0.717, 1.165) is 11.1 Å². The average molecular weight is 428 g/mol. The molecule has 32 heavy (non-hydrogen) atoms. The highest BCUT2D eigenvalue weighted by molar-refractivity contribution is 5.93. The van der Waals surface area contributed by atoms with E-state index in [-0.39, 0.29) is 17.7 Å². The Labute approximate surface area is 189 Å². The molecule has 2 heterocycles. The first-order valence-electron chi connectivity index (χ1n) is 11.0. The molecule has 0 unspecified atom stereocenters. The molecule has 1 aliphatic heterocycles. The van der Waals surface area contributed by atoms with Crippen molar-refractivity contribution in [3.8, 4) is 11.1 Å². The third-order valence-corrected chi connectivity index (χ3v) is 6.03. The number of hydrogen-bond acceptors (Lipinski definition) is 3. The maximum absolute atomic E-state index is 13.0. The number of likely N-dealkylation sites (N-methyl/N-ethyl adjacent to an activating group) is 1. The average Bonchev–Trinajstić information content (AvgIpc) is 2.93. The Kier molecular flexibility index (Phi) is 6.35. The summed E-state index contributed by atoms with van der Waals surface area (Å²) in [5, 5.41) is 0. The van der Waals surface area contributed by atoms with E-state index in [4.69, 9.17) is 0 Å². The van der Waals surface area contributed by atoms with Gasteiger partial charge < -0.3 is 9.80 Å². The standard InChI is InChI=1S/C27H29N3O2/c1-19-14-20(2)16-23(15-19)22-9-7-21(8-10-22)17-24-18-30(13-12-29(3)26(24)31)27(32)25-6-4-5-11-28-25/h4-11,14-16,24H,12-13,17-18H2,1-3H3/t24-/m1/s1. The zero-order chi connectivity index (χ0) is 22.7. The molecule has 5 heteroatoms. The predicted molar refractivity (Wildman–Crippen MR) is 126 cm³/mol. The first-order valence-corrected chi connectivity index (χ1v) is 11.0. The van der Waals surface area contributed by atoms with Gasteiger partial charge >= 0.3 is 0 Å². The largest absolute Gasteiger partial charge is 0.344 e. The molecule has 3 aromatic rings. The van der Waals surface area contributed by atoms with Gasteiger partial charge in [0, 0.05) is 32.9 Å². The topological polar surface area (TPSA) is 53.5 Å². The number of aryl methyl sites for hydroxylation is 2. The van der Waals surface area contributed by atoms with Crippen LogP contribution in [0.25, 0.3) is 11.1 Å². The highest BCUT2D eigenvalue weighted by Gasteiger charge is 2.31. The van der Waals surface area contributed by atoms with E-state index in [9.17, 15) is 9.59 Å². The van der Waals surface area contributed by atoms with Crippen molar-refractivity contribution in [1.82, 2.24) is 14.8 Å². The van der Waals surface area contributed by atoms with Gasteiger partial charge in [-0.2, -0.15) is 0 Å². The van der Waals surface area contributed by atoms with Crippen LogP contribution in [0.15, 0.2) is 66.9 Å². The lowest BCUT2D eigenvalue weighted by Gasteiger charge is -2.23. The molecule has 0 spiro atoms. The van der Waals surface area contributed by atoms with Crippen LogP contribution in [-0.2, 0) is 11.2 Å². The number of rotatable bonds is 4. The maximum atomic E-state index is 13.0. The van der Waals surface area contributed by atoms with E-state index in [0.29, 0.717) is 31.7 Å². The lowest BCUT2D eigenvalue weighted by molar-refractivity contribution is -0.133. The summed E-state index contributed by atoms with van der Waals surface area (Å²) in [6, 6.07) is 20.3. The van der Waals surface area contributed by atoms with Crippen LogP contribution in [0.1, 0.15) is 27.2 Å². The molecule has 2 amide bonds. The highest BCUT2D eigenvalue weighted by atomic mass is 16.2. The first kappa shape index (κ1) is 21.8. The van der Waals surface area contributed by atoms with Crippen LogP contribution < -0.4 is 0 Å². The number of carbonyl (C=O) groups is 2. The van der Waals surface area contributed by atoms with Crippen LogP contribution in [0.3, 0.4) is 0 Å². The molecule has 2 aromatic carbocycles. The van der Waals surface area contributed by atoms with Crippen molar-refractivity contribution < 1.29 is 9.59 Å². The molecule has 4 rings (SSSR count). The summed E-state index contributed by atoms with van der Waals surface area (Å²) < 4.78 is 0.